The number of hydrogen-bond acceptors (Lipinski definition) is 3. The molecule has 2 aromatic carbocycles. The van der Waals surface area contributed by atoms with E-state index in [0.717, 1.165) is 49.6 Å². The van der Waals surface area contributed by atoms with E-state index in [2.05, 4.69) is 53.2 Å². The molecule has 4 heteroatoms. The number of hydrogen-bond donors (Lipinski definition) is 1. The van der Waals surface area contributed by atoms with Crippen LogP contribution >= 0.6 is 0 Å². The third-order valence-electron chi connectivity index (χ3n) is 4.49. The lowest BCUT2D eigenvalue weighted by molar-refractivity contribution is 0.415. The summed E-state index contributed by atoms with van der Waals surface area (Å²) in [6, 6.07) is 16.7. The minimum Gasteiger partial charge on any atom is -0.497 e. The molecule has 0 saturated carbocycles. The molecule has 0 fully saturated rings. The van der Waals surface area contributed by atoms with E-state index in [9.17, 15) is 0 Å². The first-order valence-electron chi connectivity index (χ1n) is 9.09. The van der Waals surface area contributed by atoms with Crippen LogP contribution in [-0.2, 0) is 19.5 Å². The van der Waals surface area contributed by atoms with Crippen LogP contribution in [0.3, 0.4) is 0 Å². The Morgan fingerprint density at radius 3 is 2.72 bits per heavy atom. The number of aryl methyl sites for hydroxylation is 1. The van der Waals surface area contributed by atoms with Crippen molar-refractivity contribution in [2.24, 2.45) is 0 Å². The molecule has 1 heterocycles. The van der Waals surface area contributed by atoms with E-state index in [4.69, 9.17) is 9.72 Å². The van der Waals surface area contributed by atoms with Gasteiger partial charge in [0.05, 0.1) is 24.7 Å². The van der Waals surface area contributed by atoms with Crippen LogP contribution < -0.4 is 10.1 Å². The quantitative estimate of drug-likeness (QED) is 0.596. The predicted molar refractivity (Wildman–Crippen MR) is 103 cm³/mol. The lowest BCUT2D eigenvalue weighted by atomic mass is 10.1. The molecule has 0 radical (unpaired) electrons. The number of ether oxygens (including phenoxy) is 1. The molecule has 25 heavy (non-hydrogen) atoms. The highest BCUT2D eigenvalue weighted by Crippen LogP contribution is 2.22. The predicted octanol–water partition coefficient (Wildman–Crippen LogP) is 4.18. The van der Waals surface area contributed by atoms with Gasteiger partial charge in [0, 0.05) is 12.6 Å². The summed E-state index contributed by atoms with van der Waals surface area (Å²) < 4.78 is 7.68. The fourth-order valence-corrected chi connectivity index (χ4v) is 3.06. The van der Waals surface area contributed by atoms with E-state index in [-0.39, 0.29) is 0 Å². The van der Waals surface area contributed by atoms with Gasteiger partial charge >= 0.3 is 0 Å². The summed E-state index contributed by atoms with van der Waals surface area (Å²) in [5, 5.41) is 3.54. The van der Waals surface area contributed by atoms with Crippen molar-refractivity contribution in [1.29, 1.82) is 0 Å². The molecule has 0 aliphatic rings. The van der Waals surface area contributed by atoms with Gasteiger partial charge in [0.2, 0.25) is 0 Å². The summed E-state index contributed by atoms with van der Waals surface area (Å²) >= 11 is 0. The zero-order valence-electron chi connectivity index (χ0n) is 15.2. The molecule has 0 spiro atoms. The van der Waals surface area contributed by atoms with Crippen LogP contribution in [0.25, 0.3) is 11.0 Å². The lowest BCUT2D eigenvalue weighted by Gasteiger charge is -2.10. The summed E-state index contributed by atoms with van der Waals surface area (Å²) in [5.74, 6) is 1.96. The standard InChI is InChI=1S/C21H27N3O/c1-3-4-14-24-20-11-10-18(25-2)15-19(20)23-21(24)16-22-13-12-17-8-6-5-7-9-17/h5-11,15,22H,3-4,12-14,16H2,1-2H3. The van der Waals surface area contributed by atoms with Gasteiger partial charge in [-0.2, -0.15) is 0 Å². The second kappa shape index (κ2) is 8.67. The Morgan fingerprint density at radius 1 is 1.12 bits per heavy atom. The van der Waals surface area contributed by atoms with Crippen LogP contribution in [0.4, 0.5) is 0 Å². The first kappa shape index (κ1) is 17.5. The summed E-state index contributed by atoms with van der Waals surface area (Å²) in [5.41, 5.74) is 3.56. The van der Waals surface area contributed by atoms with Gasteiger partial charge in [-0.1, -0.05) is 43.7 Å². The first-order valence-corrected chi connectivity index (χ1v) is 9.09. The molecule has 1 N–H and O–H groups in total. The van der Waals surface area contributed by atoms with Crippen LogP contribution in [0, 0.1) is 0 Å². The van der Waals surface area contributed by atoms with E-state index < -0.39 is 0 Å². The smallest absolute Gasteiger partial charge is 0.123 e. The van der Waals surface area contributed by atoms with Crippen molar-refractivity contribution in [1.82, 2.24) is 14.9 Å². The first-order chi connectivity index (χ1) is 12.3. The minimum absolute atomic E-state index is 0.785. The summed E-state index contributed by atoms with van der Waals surface area (Å²) in [4.78, 5) is 4.84. The Kier molecular flexibility index (Phi) is 6.07. The highest BCUT2D eigenvalue weighted by molar-refractivity contribution is 5.77. The van der Waals surface area contributed by atoms with Crippen molar-refractivity contribution in [2.75, 3.05) is 13.7 Å². The Balaban J connectivity index is 1.70. The second-order valence-corrected chi connectivity index (χ2v) is 6.30. The van der Waals surface area contributed by atoms with Crippen molar-refractivity contribution in [3.8, 4) is 5.75 Å². The largest absolute Gasteiger partial charge is 0.497 e. The maximum atomic E-state index is 5.34. The highest BCUT2D eigenvalue weighted by Gasteiger charge is 2.11. The van der Waals surface area contributed by atoms with E-state index in [1.54, 1.807) is 7.11 Å². The number of fused-ring (bicyclic) bond motifs is 1. The number of imidazole rings is 1. The van der Waals surface area contributed by atoms with Gasteiger partial charge in [0.15, 0.2) is 0 Å². The number of nitrogens with zero attached hydrogens (tertiary/aromatic N) is 2. The summed E-state index contributed by atoms with van der Waals surface area (Å²) in [6.45, 7) is 4.97. The average molecular weight is 337 g/mol. The number of rotatable bonds is 9. The molecule has 1 aromatic heterocycles. The maximum Gasteiger partial charge on any atom is 0.123 e. The van der Waals surface area contributed by atoms with Crippen molar-refractivity contribution in [3.05, 3.63) is 59.9 Å². The van der Waals surface area contributed by atoms with Crippen molar-refractivity contribution in [2.45, 2.75) is 39.3 Å². The number of benzene rings is 2. The molecule has 0 amide bonds. The highest BCUT2D eigenvalue weighted by atomic mass is 16.5. The van der Waals surface area contributed by atoms with E-state index in [1.165, 1.54) is 17.5 Å². The zero-order valence-corrected chi connectivity index (χ0v) is 15.2. The normalized spacial score (nSPS) is 11.1. The summed E-state index contributed by atoms with van der Waals surface area (Å²) in [6.07, 6.45) is 3.37. The van der Waals surface area contributed by atoms with E-state index in [1.807, 2.05) is 12.1 Å². The van der Waals surface area contributed by atoms with Crippen LogP contribution in [0.5, 0.6) is 5.75 Å². The fourth-order valence-electron chi connectivity index (χ4n) is 3.06. The van der Waals surface area contributed by atoms with Crippen LogP contribution in [0.15, 0.2) is 48.5 Å². The van der Waals surface area contributed by atoms with Crippen molar-refractivity contribution >= 4 is 11.0 Å². The molecule has 0 aliphatic heterocycles. The number of methoxy groups -OCH3 is 1. The molecular weight excluding hydrogens is 310 g/mol. The maximum absolute atomic E-state index is 5.34. The summed E-state index contributed by atoms with van der Waals surface area (Å²) in [7, 11) is 1.70. The molecule has 3 rings (SSSR count). The molecule has 0 unspecified atom stereocenters. The molecule has 4 nitrogen and oxygen atoms in total. The topological polar surface area (TPSA) is 39.1 Å². The number of unbranched alkanes of at least 4 members (excludes halogenated alkanes) is 1. The second-order valence-electron chi connectivity index (χ2n) is 6.30. The number of aromatic nitrogens is 2. The molecule has 0 saturated heterocycles. The van der Waals surface area contributed by atoms with Crippen molar-refractivity contribution in [3.63, 3.8) is 0 Å². The third-order valence-corrected chi connectivity index (χ3v) is 4.49. The SMILES string of the molecule is CCCCn1c(CNCCc2ccccc2)nc2cc(OC)ccc21. The fraction of sp³-hybridized carbons (Fsp3) is 0.381. The van der Waals surface area contributed by atoms with Gasteiger partial charge in [0.1, 0.15) is 11.6 Å². The zero-order chi connectivity index (χ0) is 17.5. The molecule has 0 bridgehead atoms. The molecule has 132 valence electrons. The van der Waals surface area contributed by atoms with E-state index in [0.29, 0.717) is 0 Å². The minimum atomic E-state index is 0.785. The van der Waals surface area contributed by atoms with Gasteiger partial charge in [-0.05, 0) is 37.1 Å². The van der Waals surface area contributed by atoms with Gasteiger partial charge < -0.3 is 14.6 Å². The van der Waals surface area contributed by atoms with Crippen molar-refractivity contribution < 1.29 is 4.74 Å². The van der Waals surface area contributed by atoms with Crippen LogP contribution in [-0.4, -0.2) is 23.2 Å². The Hall–Kier alpha value is -2.33. The number of nitrogens with one attached hydrogen (secondary N) is 1. The molecule has 3 aromatic rings. The van der Waals surface area contributed by atoms with Crippen LogP contribution in [0.2, 0.25) is 0 Å². The third kappa shape index (κ3) is 4.40. The molecule has 0 atom stereocenters. The van der Waals surface area contributed by atoms with Gasteiger partial charge in [-0.15, -0.1) is 0 Å². The Labute approximate surface area is 149 Å². The van der Waals surface area contributed by atoms with E-state index >= 15 is 0 Å². The van der Waals surface area contributed by atoms with Gasteiger partial charge in [-0.25, -0.2) is 4.98 Å². The Morgan fingerprint density at radius 2 is 1.96 bits per heavy atom. The molecular formula is C21H27N3O. The molecule has 0 aliphatic carbocycles. The average Bonchev–Trinajstić information content (AvgIpc) is 3.00. The monoisotopic (exact) mass is 337 g/mol. The lowest BCUT2D eigenvalue weighted by Crippen LogP contribution is -2.19. The Bertz CT molecular complexity index is 796. The van der Waals surface area contributed by atoms with Crippen LogP contribution in [0.1, 0.15) is 31.2 Å². The van der Waals surface area contributed by atoms with Gasteiger partial charge in [0.25, 0.3) is 0 Å². The van der Waals surface area contributed by atoms with Gasteiger partial charge in [-0.3, -0.25) is 0 Å².